The molecule has 0 bridgehead atoms. The number of carboxylic acids is 1. The van der Waals surface area contributed by atoms with Gasteiger partial charge in [0.15, 0.2) is 0 Å². The van der Waals surface area contributed by atoms with Crippen LogP contribution in [0.2, 0.25) is 0 Å². The Kier molecular flexibility index (Phi) is 4.42. The molecule has 1 aliphatic rings. The predicted molar refractivity (Wildman–Crippen MR) is 77.6 cm³/mol. The van der Waals surface area contributed by atoms with E-state index >= 15 is 0 Å². The van der Waals surface area contributed by atoms with Gasteiger partial charge in [-0.2, -0.15) is 0 Å². The van der Waals surface area contributed by atoms with Crippen molar-refractivity contribution in [2.24, 2.45) is 11.8 Å². The standard InChI is InChI=1S/C16H21NO3/c1-10-6-5-7-11(2)14(10)17-15(18)12-8-3-4-9-13(12)16(19)20/h5-7,12-13H,3-4,8-9H2,1-2H3,(H,17,18)(H,19,20)/t12-,13-/m0/s1. The van der Waals surface area contributed by atoms with Crippen LogP contribution in [0.1, 0.15) is 36.8 Å². The van der Waals surface area contributed by atoms with Gasteiger partial charge in [-0.25, -0.2) is 0 Å². The van der Waals surface area contributed by atoms with Gasteiger partial charge in [-0.15, -0.1) is 0 Å². The number of rotatable bonds is 3. The highest BCUT2D eigenvalue weighted by Crippen LogP contribution is 2.32. The third kappa shape index (κ3) is 3.00. The summed E-state index contributed by atoms with van der Waals surface area (Å²) in [7, 11) is 0. The number of hydrogen-bond donors (Lipinski definition) is 2. The normalized spacial score (nSPS) is 22.3. The van der Waals surface area contributed by atoms with Gasteiger partial charge in [0.05, 0.1) is 11.8 Å². The Morgan fingerprint density at radius 1 is 1.10 bits per heavy atom. The average molecular weight is 275 g/mol. The van der Waals surface area contributed by atoms with Gasteiger partial charge in [-0.3, -0.25) is 9.59 Å². The highest BCUT2D eigenvalue weighted by Gasteiger charge is 2.35. The van der Waals surface area contributed by atoms with E-state index in [0.29, 0.717) is 12.8 Å². The summed E-state index contributed by atoms with van der Waals surface area (Å²) >= 11 is 0. The second-order valence-electron chi connectivity index (χ2n) is 5.59. The van der Waals surface area contributed by atoms with E-state index in [2.05, 4.69) is 5.32 Å². The maximum Gasteiger partial charge on any atom is 0.307 e. The zero-order valence-electron chi connectivity index (χ0n) is 12.0. The van der Waals surface area contributed by atoms with Crippen LogP contribution < -0.4 is 5.32 Å². The predicted octanol–water partition coefficient (Wildman–Crippen LogP) is 3.13. The van der Waals surface area contributed by atoms with Crippen LogP contribution in [0.4, 0.5) is 5.69 Å². The van der Waals surface area contributed by atoms with Crippen LogP contribution in [0.25, 0.3) is 0 Å². The summed E-state index contributed by atoms with van der Waals surface area (Å²) in [6.45, 7) is 3.89. The number of para-hydroxylation sites is 1. The van der Waals surface area contributed by atoms with Crippen molar-refractivity contribution in [1.29, 1.82) is 0 Å². The van der Waals surface area contributed by atoms with E-state index < -0.39 is 17.8 Å². The van der Waals surface area contributed by atoms with Crippen molar-refractivity contribution in [2.45, 2.75) is 39.5 Å². The van der Waals surface area contributed by atoms with Gasteiger partial charge in [-0.1, -0.05) is 31.0 Å². The molecule has 2 rings (SSSR count). The topological polar surface area (TPSA) is 66.4 Å². The van der Waals surface area contributed by atoms with Crippen LogP contribution in [0.15, 0.2) is 18.2 Å². The number of nitrogens with one attached hydrogen (secondary N) is 1. The minimum Gasteiger partial charge on any atom is -0.481 e. The molecule has 1 aromatic carbocycles. The number of carbonyl (C=O) groups excluding carboxylic acids is 1. The molecule has 1 aliphatic carbocycles. The Morgan fingerprint density at radius 2 is 1.65 bits per heavy atom. The second-order valence-corrected chi connectivity index (χ2v) is 5.59. The van der Waals surface area contributed by atoms with E-state index in [9.17, 15) is 14.7 Å². The van der Waals surface area contributed by atoms with E-state index in [-0.39, 0.29) is 5.91 Å². The molecule has 0 aromatic heterocycles. The second kappa shape index (κ2) is 6.07. The van der Waals surface area contributed by atoms with Crippen molar-refractivity contribution >= 4 is 17.6 Å². The highest BCUT2D eigenvalue weighted by molar-refractivity contribution is 5.96. The number of carbonyl (C=O) groups is 2. The van der Waals surface area contributed by atoms with Gasteiger partial charge in [0.2, 0.25) is 5.91 Å². The summed E-state index contributed by atoms with van der Waals surface area (Å²) in [6.07, 6.45) is 3.08. The molecule has 4 nitrogen and oxygen atoms in total. The van der Waals surface area contributed by atoms with Crippen LogP contribution in [0, 0.1) is 25.7 Å². The van der Waals surface area contributed by atoms with Gasteiger partial charge < -0.3 is 10.4 Å². The molecule has 1 saturated carbocycles. The summed E-state index contributed by atoms with van der Waals surface area (Å²) in [5.41, 5.74) is 2.81. The zero-order chi connectivity index (χ0) is 14.7. The third-order valence-corrected chi connectivity index (χ3v) is 4.15. The lowest BCUT2D eigenvalue weighted by Gasteiger charge is -2.28. The molecule has 0 aliphatic heterocycles. The van der Waals surface area contributed by atoms with Crippen LogP contribution in [0.5, 0.6) is 0 Å². The van der Waals surface area contributed by atoms with Crippen LogP contribution >= 0.6 is 0 Å². The average Bonchev–Trinajstić information content (AvgIpc) is 2.43. The minimum absolute atomic E-state index is 0.158. The molecule has 0 heterocycles. The molecule has 108 valence electrons. The monoisotopic (exact) mass is 275 g/mol. The molecule has 1 aromatic rings. The number of carboxylic acid groups (broad SMARTS) is 1. The number of benzene rings is 1. The fourth-order valence-electron chi connectivity index (χ4n) is 2.97. The number of anilines is 1. The van der Waals surface area contributed by atoms with E-state index in [0.717, 1.165) is 29.7 Å². The van der Waals surface area contributed by atoms with Crippen molar-refractivity contribution in [3.05, 3.63) is 29.3 Å². The van der Waals surface area contributed by atoms with Crippen LogP contribution in [-0.4, -0.2) is 17.0 Å². The number of amides is 1. The summed E-state index contributed by atoms with van der Waals surface area (Å²) < 4.78 is 0. The smallest absolute Gasteiger partial charge is 0.307 e. The molecular formula is C16H21NO3. The van der Waals surface area contributed by atoms with Crippen molar-refractivity contribution in [1.82, 2.24) is 0 Å². The number of aliphatic carboxylic acids is 1. The molecule has 0 saturated heterocycles. The lowest BCUT2D eigenvalue weighted by Crippen LogP contribution is -2.36. The van der Waals surface area contributed by atoms with E-state index in [1.165, 1.54) is 0 Å². The van der Waals surface area contributed by atoms with Gasteiger partial charge in [0.25, 0.3) is 0 Å². The van der Waals surface area contributed by atoms with Gasteiger partial charge in [0.1, 0.15) is 0 Å². The quantitative estimate of drug-likeness (QED) is 0.890. The Labute approximate surface area is 119 Å². The van der Waals surface area contributed by atoms with Gasteiger partial charge >= 0.3 is 5.97 Å². The molecule has 1 amide bonds. The maximum absolute atomic E-state index is 12.4. The highest BCUT2D eigenvalue weighted by atomic mass is 16.4. The molecule has 1 fully saturated rings. The Bertz CT molecular complexity index is 504. The number of aryl methyl sites for hydroxylation is 2. The van der Waals surface area contributed by atoms with Crippen molar-refractivity contribution < 1.29 is 14.7 Å². The van der Waals surface area contributed by atoms with E-state index in [4.69, 9.17) is 0 Å². The lowest BCUT2D eigenvalue weighted by molar-refractivity contribution is -0.147. The largest absolute Gasteiger partial charge is 0.481 e. The summed E-state index contributed by atoms with van der Waals surface area (Å²) in [5.74, 6) is -1.98. The SMILES string of the molecule is Cc1cccc(C)c1NC(=O)[C@H]1CCCC[C@@H]1C(=O)O. The molecule has 0 spiro atoms. The maximum atomic E-state index is 12.4. The van der Waals surface area contributed by atoms with Crippen molar-refractivity contribution in [3.63, 3.8) is 0 Å². The molecule has 0 unspecified atom stereocenters. The van der Waals surface area contributed by atoms with Crippen LogP contribution in [-0.2, 0) is 9.59 Å². The van der Waals surface area contributed by atoms with Crippen LogP contribution in [0.3, 0.4) is 0 Å². The lowest BCUT2D eigenvalue weighted by atomic mass is 9.78. The van der Waals surface area contributed by atoms with E-state index in [1.807, 2.05) is 32.0 Å². The Balaban J connectivity index is 2.16. The minimum atomic E-state index is -0.855. The fourth-order valence-corrected chi connectivity index (χ4v) is 2.97. The fraction of sp³-hybridized carbons (Fsp3) is 0.500. The van der Waals surface area contributed by atoms with E-state index in [1.54, 1.807) is 0 Å². The Hall–Kier alpha value is -1.84. The first-order valence-electron chi connectivity index (χ1n) is 7.10. The Morgan fingerprint density at radius 3 is 2.20 bits per heavy atom. The number of hydrogen-bond acceptors (Lipinski definition) is 2. The molecule has 0 radical (unpaired) electrons. The van der Waals surface area contributed by atoms with Gasteiger partial charge in [0, 0.05) is 5.69 Å². The third-order valence-electron chi connectivity index (χ3n) is 4.15. The summed E-state index contributed by atoms with van der Waals surface area (Å²) in [6, 6.07) is 5.83. The first kappa shape index (κ1) is 14.6. The summed E-state index contributed by atoms with van der Waals surface area (Å²) in [4.78, 5) is 23.7. The molecular weight excluding hydrogens is 254 g/mol. The first-order valence-corrected chi connectivity index (χ1v) is 7.10. The van der Waals surface area contributed by atoms with Crippen molar-refractivity contribution in [3.8, 4) is 0 Å². The molecule has 2 N–H and O–H groups in total. The van der Waals surface area contributed by atoms with Crippen molar-refractivity contribution in [2.75, 3.05) is 5.32 Å². The first-order chi connectivity index (χ1) is 9.50. The molecule has 4 heteroatoms. The molecule has 2 atom stereocenters. The van der Waals surface area contributed by atoms with Gasteiger partial charge in [-0.05, 0) is 37.8 Å². The summed E-state index contributed by atoms with van der Waals surface area (Å²) in [5, 5.41) is 12.2. The molecule has 20 heavy (non-hydrogen) atoms. The zero-order valence-corrected chi connectivity index (χ0v) is 12.0.